The first-order valence-electron chi connectivity index (χ1n) is 4.53. The smallest absolute Gasteiger partial charge is 0.387 e. The first kappa shape index (κ1) is 11.4. The molecule has 80 valence electrons. The van der Waals surface area contributed by atoms with Gasteiger partial charge in [0.25, 0.3) is 0 Å². The highest BCUT2D eigenvalue weighted by Crippen LogP contribution is 2.24. The highest BCUT2D eigenvalue weighted by Gasteiger charge is 2.11. The van der Waals surface area contributed by atoms with Gasteiger partial charge >= 0.3 is 6.61 Å². The van der Waals surface area contributed by atoms with E-state index < -0.39 is 6.61 Å². The molecule has 1 aromatic carbocycles. The molecule has 0 bridgehead atoms. The minimum Gasteiger partial charge on any atom is -0.433 e. The molecule has 4 heteroatoms. The first-order chi connectivity index (χ1) is 7.04. The summed E-state index contributed by atoms with van der Waals surface area (Å²) in [5.41, 5.74) is 1.06. The van der Waals surface area contributed by atoms with Crippen LogP contribution in [0, 0.1) is 11.3 Å². The summed E-state index contributed by atoms with van der Waals surface area (Å²) in [5.74, 6) is 0.176. The largest absolute Gasteiger partial charge is 0.433 e. The number of benzene rings is 1. The minimum atomic E-state index is -2.90. The van der Waals surface area contributed by atoms with Crippen molar-refractivity contribution in [3.63, 3.8) is 0 Å². The van der Waals surface area contributed by atoms with Gasteiger partial charge < -0.3 is 4.74 Å². The molecular weight excluding hydrogens is 200 g/mol. The predicted octanol–water partition coefficient (Wildman–Crippen LogP) is 3.28. The van der Waals surface area contributed by atoms with Crippen molar-refractivity contribution in [3.8, 4) is 11.8 Å². The Morgan fingerprint density at radius 2 is 2.00 bits per heavy atom. The normalized spacial score (nSPS) is 10.5. The lowest BCUT2D eigenvalue weighted by Crippen LogP contribution is -2.04. The average Bonchev–Trinajstić information content (AvgIpc) is 2.17. The van der Waals surface area contributed by atoms with Crippen molar-refractivity contribution in [1.29, 1.82) is 5.26 Å². The van der Waals surface area contributed by atoms with E-state index in [2.05, 4.69) is 4.74 Å². The van der Waals surface area contributed by atoms with Crippen molar-refractivity contribution in [1.82, 2.24) is 0 Å². The molecule has 0 heterocycles. The van der Waals surface area contributed by atoms with Gasteiger partial charge in [-0.25, -0.2) is 0 Å². The molecule has 0 aliphatic heterocycles. The van der Waals surface area contributed by atoms with Crippen LogP contribution in [0.2, 0.25) is 0 Å². The van der Waals surface area contributed by atoms with Crippen LogP contribution < -0.4 is 4.74 Å². The monoisotopic (exact) mass is 211 g/mol. The van der Waals surface area contributed by atoms with E-state index in [0.29, 0.717) is 0 Å². The minimum absolute atomic E-state index is 0.0723. The number of nitriles is 1. The fraction of sp³-hybridized carbons (Fsp3) is 0.364. The standard InChI is InChI=1S/C11H11F2NO/c1-7(2)8-3-4-10(15-11(12)13)9(5-8)6-14/h3-5,7,11H,1-2H3. The first-order valence-corrected chi connectivity index (χ1v) is 4.53. The lowest BCUT2D eigenvalue weighted by Gasteiger charge is -2.09. The molecule has 0 atom stereocenters. The Labute approximate surface area is 87.1 Å². The summed E-state index contributed by atoms with van der Waals surface area (Å²) in [7, 11) is 0. The van der Waals surface area contributed by atoms with Gasteiger partial charge in [-0.15, -0.1) is 0 Å². The Hall–Kier alpha value is -1.63. The van der Waals surface area contributed by atoms with E-state index in [-0.39, 0.29) is 17.2 Å². The van der Waals surface area contributed by atoms with E-state index in [1.54, 1.807) is 12.1 Å². The number of ether oxygens (including phenoxy) is 1. The molecule has 0 saturated heterocycles. The van der Waals surface area contributed by atoms with E-state index in [4.69, 9.17) is 5.26 Å². The van der Waals surface area contributed by atoms with Gasteiger partial charge in [0, 0.05) is 0 Å². The van der Waals surface area contributed by atoms with E-state index >= 15 is 0 Å². The number of alkyl halides is 2. The molecule has 0 amide bonds. The molecule has 0 spiro atoms. The number of hydrogen-bond acceptors (Lipinski definition) is 2. The number of nitrogens with zero attached hydrogens (tertiary/aromatic N) is 1. The second-order valence-electron chi connectivity index (χ2n) is 3.40. The predicted molar refractivity (Wildman–Crippen MR) is 51.9 cm³/mol. The second-order valence-corrected chi connectivity index (χ2v) is 3.40. The topological polar surface area (TPSA) is 33.0 Å². The van der Waals surface area contributed by atoms with E-state index in [0.717, 1.165) is 5.56 Å². The van der Waals surface area contributed by atoms with Gasteiger partial charge in [0.15, 0.2) is 0 Å². The third-order valence-electron chi connectivity index (χ3n) is 2.01. The van der Waals surface area contributed by atoms with E-state index in [1.165, 1.54) is 6.07 Å². The van der Waals surface area contributed by atoms with Crippen molar-refractivity contribution in [2.45, 2.75) is 26.4 Å². The van der Waals surface area contributed by atoms with Crippen molar-refractivity contribution < 1.29 is 13.5 Å². The molecule has 0 aliphatic carbocycles. The number of hydrogen-bond donors (Lipinski definition) is 0. The maximum absolute atomic E-state index is 12.0. The molecule has 0 unspecified atom stereocenters. The third-order valence-corrected chi connectivity index (χ3v) is 2.01. The summed E-state index contributed by atoms with van der Waals surface area (Å²) >= 11 is 0. The van der Waals surface area contributed by atoms with Crippen LogP contribution in [0.5, 0.6) is 5.75 Å². The molecule has 0 aromatic heterocycles. The zero-order valence-corrected chi connectivity index (χ0v) is 8.50. The van der Waals surface area contributed by atoms with Crippen LogP contribution in [0.25, 0.3) is 0 Å². The van der Waals surface area contributed by atoms with Crippen LogP contribution in [-0.4, -0.2) is 6.61 Å². The summed E-state index contributed by atoms with van der Waals surface area (Å²) in [4.78, 5) is 0. The number of rotatable bonds is 3. The zero-order valence-electron chi connectivity index (χ0n) is 8.50. The molecule has 0 saturated carbocycles. The van der Waals surface area contributed by atoms with Gasteiger partial charge in [-0.1, -0.05) is 19.9 Å². The van der Waals surface area contributed by atoms with E-state index in [1.807, 2.05) is 19.9 Å². The van der Waals surface area contributed by atoms with Crippen LogP contribution in [0.3, 0.4) is 0 Å². The maximum atomic E-state index is 12.0. The van der Waals surface area contributed by atoms with Crippen LogP contribution in [0.1, 0.15) is 30.9 Å². The van der Waals surface area contributed by atoms with Crippen molar-refractivity contribution in [2.24, 2.45) is 0 Å². The molecule has 0 fully saturated rings. The Bertz CT molecular complexity index is 383. The molecule has 0 N–H and O–H groups in total. The van der Waals surface area contributed by atoms with Crippen LogP contribution in [-0.2, 0) is 0 Å². The lowest BCUT2D eigenvalue weighted by atomic mass is 10.0. The molecule has 0 radical (unpaired) electrons. The highest BCUT2D eigenvalue weighted by atomic mass is 19.3. The highest BCUT2D eigenvalue weighted by molar-refractivity contribution is 5.46. The Balaban J connectivity index is 3.05. The molecule has 1 rings (SSSR count). The van der Waals surface area contributed by atoms with Gasteiger partial charge in [-0.05, 0) is 23.6 Å². The van der Waals surface area contributed by atoms with Crippen LogP contribution in [0.15, 0.2) is 18.2 Å². The van der Waals surface area contributed by atoms with Crippen LogP contribution in [0.4, 0.5) is 8.78 Å². The van der Waals surface area contributed by atoms with Crippen LogP contribution >= 0.6 is 0 Å². The lowest BCUT2D eigenvalue weighted by molar-refractivity contribution is -0.0500. The van der Waals surface area contributed by atoms with Gasteiger partial charge in [0.2, 0.25) is 0 Å². The molecule has 15 heavy (non-hydrogen) atoms. The fourth-order valence-electron chi connectivity index (χ4n) is 1.19. The second kappa shape index (κ2) is 4.74. The van der Waals surface area contributed by atoms with Gasteiger partial charge in [0.1, 0.15) is 11.8 Å². The SMILES string of the molecule is CC(C)c1ccc(OC(F)F)c(C#N)c1. The van der Waals surface area contributed by atoms with Gasteiger partial charge in [-0.2, -0.15) is 14.0 Å². The quantitative estimate of drug-likeness (QED) is 0.768. The summed E-state index contributed by atoms with van der Waals surface area (Å²) in [5, 5.41) is 8.76. The average molecular weight is 211 g/mol. The summed E-state index contributed by atoms with van der Waals surface area (Å²) in [6.45, 7) is 1.02. The Morgan fingerprint density at radius 3 is 2.47 bits per heavy atom. The summed E-state index contributed by atoms with van der Waals surface area (Å²) in [6, 6.07) is 6.50. The molecule has 0 aliphatic rings. The summed E-state index contributed by atoms with van der Waals surface area (Å²) < 4.78 is 28.1. The van der Waals surface area contributed by atoms with Gasteiger partial charge in [-0.3, -0.25) is 0 Å². The van der Waals surface area contributed by atoms with E-state index in [9.17, 15) is 8.78 Å². The fourth-order valence-corrected chi connectivity index (χ4v) is 1.19. The molecule has 2 nitrogen and oxygen atoms in total. The summed E-state index contributed by atoms with van der Waals surface area (Å²) in [6.07, 6.45) is 0. The zero-order chi connectivity index (χ0) is 11.4. The van der Waals surface area contributed by atoms with Crippen molar-refractivity contribution in [2.75, 3.05) is 0 Å². The Kier molecular flexibility index (Phi) is 3.62. The van der Waals surface area contributed by atoms with Gasteiger partial charge in [0.05, 0.1) is 5.56 Å². The third kappa shape index (κ3) is 2.91. The van der Waals surface area contributed by atoms with Crippen molar-refractivity contribution in [3.05, 3.63) is 29.3 Å². The maximum Gasteiger partial charge on any atom is 0.387 e. The van der Waals surface area contributed by atoms with Crippen molar-refractivity contribution >= 4 is 0 Å². The number of halogens is 2. The molecule has 1 aromatic rings. The molecular formula is C11H11F2NO. The Morgan fingerprint density at radius 1 is 1.33 bits per heavy atom.